The van der Waals surface area contributed by atoms with Crippen LogP contribution < -0.4 is 10.6 Å². The maximum atomic E-state index is 14.4. The summed E-state index contributed by atoms with van der Waals surface area (Å²) >= 11 is 6.91. The second-order valence-corrected chi connectivity index (χ2v) is 8.98. The van der Waals surface area contributed by atoms with E-state index in [1.807, 2.05) is 13.0 Å². The summed E-state index contributed by atoms with van der Waals surface area (Å²) < 4.78 is 47.5. The van der Waals surface area contributed by atoms with Gasteiger partial charge in [0.25, 0.3) is 5.91 Å². The Hall–Kier alpha value is -2.77. The van der Waals surface area contributed by atoms with Crippen molar-refractivity contribution in [3.8, 4) is 6.07 Å². The molecule has 0 spiro atoms. The van der Waals surface area contributed by atoms with E-state index in [1.165, 1.54) is 24.3 Å². The van der Waals surface area contributed by atoms with Crippen molar-refractivity contribution in [1.29, 1.82) is 5.26 Å². The third-order valence-corrected chi connectivity index (χ3v) is 6.76. The van der Waals surface area contributed by atoms with Crippen molar-refractivity contribution < 1.29 is 27.5 Å². The minimum Gasteiger partial charge on any atom is -0.466 e. The van der Waals surface area contributed by atoms with Crippen LogP contribution in [0.15, 0.2) is 24.3 Å². The van der Waals surface area contributed by atoms with E-state index in [4.69, 9.17) is 11.6 Å². The van der Waals surface area contributed by atoms with Crippen LogP contribution in [-0.2, 0) is 22.4 Å². The Morgan fingerprint density at radius 1 is 1.31 bits per heavy atom. The molecule has 0 aliphatic heterocycles. The summed E-state index contributed by atoms with van der Waals surface area (Å²) in [6.07, 6.45) is -3.37. The lowest BCUT2D eigenvalue weighted by Crippen LogP contribution is -2.69. The Morgan fingerprint density at radius 2 is 2.00 bits per heavy atom. The molecule has 0 radical (unpaired) electrons. The average molecular weight is 486 g/mol. The Bertz CT molecular complexity index is 1100. The van der Waals surface area contributed by atoms with Crippen LogP contribution in [0.5, 0.6) is 0 Å². The quantitative estimate of drug-likeness (QED) is 0.474. The van der Waals surface area contributed by atoms with Crippen LogP contribution in [-0.4, -0.2) is 30.8 Å². The molecule has 0 saturated carbocycles. The fourth-order valence-electron chi connectivity index (χ4n) is 3.55. The third kappa shape index (κ3) is 4.27. The smallest absolute Gasteiger partial charge is 0.441 e. The number of alkyl halides is 3. The standard InChI is InChI=1S/C21H19ClF3N3O3S/c1-11-7-8-12-14(10-26)18(32-16(12)9-11)28-20(19(30)31-2,21(23,24)25)27-17(29)13-5-3-4-6-15(13)22/h3-6,11,28H,7-9H2,1-2H3,(H,27,29)/t11-,20-/m0/s1. The molecule has 170 valence electrons. The third-order valence-electron chi connectivity index (χ3n) is 5.26. The molecule has 1 aromatic carbocycles. The number of hydrogen-bond donors (Lipinski definition) is 2. The molecule has 2 N–H and O–H groups in total. The zero-order chi connectivity index (χ0) is 23.7. The highest BCUT2D eigenvalue weighted by Crippen LogP contribution is 2.42. The van der Waals surface area contributed by atoms with Gasteiger partial charge in [-0.25, -0.2) is 4.79 Å². The van der Waals surface area contributed by atoms with E-state index >= 15 is 0 Å². The summed E-state index contributed by atoms with van der Waals surface area (Å²) in [7, 11) is 0.776. The summed E-state index contributed by atoms with van der Waals surface area (Å²) in [5.74, 6) is -2.71. The van der Waals surface area contributed by atoms with Crippen molar-refractivity contribution in [1.82, 2.24) is 5.32 Å². The molecular formula is C21H19ClF3N3O3S. The molecule has 1 heterocycles. The highest BCUT2D eigenvalue weighted by molar-refractivity contribution is 7.16. The zero-order valence-electron chi connectivity index (χ0n) is 17.1. The number of nitriles is 1. The molecule has 1 aliphatic carbocycles. The highest BCUT2D eigenvalue weighted by atomic mass is 35.5. The van der Waals surface area contributed by atoms with Gasteiger partial charge < -0.3 is 15.4 Å². The molecule has 6 nitrogen and oxygen atoms in total. The van der Waals surface area contributed by atoms with Crippen LogP contribution in [0.3, 0.4) is 0 Å². The van der Waals surface area contributed by atoms with Gasteiger partial charge in [-0.1, -0.05) is 30.7 Å². The number of carbonyl (C=O) groups is 2. The number of hydrogen-bond acceptors (Lipinski definition) is 6. The van der Waals surface area contributed by atoms with E-state index in [9.17, 15) is 28.0 Å². The molecule has 0 bridgehead atoms. The van der Waals surface area contributed by atoms with E-state index in [1.54, 1.807) is 5.32 Å². The Balaban J connectivity index is 2.10. The van der Waals surface area contributed by atoms with Gasteiger partial charge in [0.05, 0.1) is 23.3 Å². The Kier molecular flexibility index (Phi) is 6.72. The van der Waals surface area contributed by atoms with Crippen LogP contribution in [0.25, 0.3) is 0 Å². The van der Waals surface area contributed by atoms with Crippen molar-refractivity contribution in [3.05, 3.63) is 50.9 Å². The average Bonchev–Trinajstić information content (AvgIpc) is 3.07. The van der Waals surface area contributed by atoms with Crippen LogP contribution in [0.1, 0.15) is 39.7 Å². The van der Waals surface area contributed by atoms with Crippen LogP contribution >= 0.6 is 22.9 Å². The number of anilines is 1. The molecule has 3 rings (SSSR count). The van der Waals surface area contributed by atoms with Gasteiger partial charge in [-0.05, 0) is 42.9 Å². The van der Waals surface area contributed by atoms with Gasteiger partial charge in [0.1, 0.15) is 11.1 Å². The highest BCUT2D eigenvalue weighted by Gasteiger charge is 2.64. The van der Waals surface area contributed by atoms with Crippen LogP contribution in [0, 0.1) is 17.2 Å². The number of esters is 1. The van der Waals surface area contributed by atoms with Crippen LogP contribution in [0.2, 0.25) is 5.02 Å². The number of carbonyl (C=O) groups excluding carboxylic acids is 2. The van der Waals surface area contributed by atoms with Gasteiger partial charge in [0.2, 0.25) is 0 Å². The first-order valence-electron chi connectivity index (χ1n) is 9.59. The maximum absolute atomic E-state index is 14.4. The number of halogens is 4. The molecule has 1 amide bonds. The number of ether oxygens (including phenoxy) is 1. The molecule has 0 saturated heterocycles. The predicted molar refractivity (Wildman–Crippen MR) is 114 cm³/mol. The molecule has 0 unspecified atom stereocenters. The largest absolute Gasteiger partial charge is 0.466 e. The molecule has 2 atom stereocenters. The van der Waals surface area contributed by atoms with E-state index in [-0.39, 0.29) is 21.2 Å². The van der Waals surface area contributed by atoms with E-state index in [0.717, 1.165) is 29.7 Å². The lowest BCUT2D eigenvalue weighted by molar-refractivity contribution is -0.203. The summed E-state index contributed by atoms with van der Waals surface area (Å²) in [5, 5.41) is 13.2. The fourth-order valence-corrected chi connectivity index (χ4v) is 5.19. The predicted octanol–water partition coefficient (Wildman–Crippen LogP) is 4.67. The number of nitrogens with one attached hydrogen (secondary N) is 2. The van der Waals surface area contributed by atoms with Crippen molar-refractivity contribution in [3.63, 3.8) is 0 Å². The van der Waals surface area contributed by atoms with Gasteiger partial charge in [0, 0.05) is 4.88 Å². The van der Waals surface area contributed by atoms with Gasteiger partial charge in [0.15, 0.2) is 0 Å². The van der Waals surface area contributed by atoms with Crippen LogP contribution in [0.4, 0.5) is 18.2 Å². The number of fused-ring (bicyclic) bond motifs is 1. The van der Waals surface area contributed by atoms with Crippen molar-refractivity contribution in [2.75, 3.05) is 12.4 Å². The lowest BCUT2D eigenvalue weighted by atomic mass is 9.88. The number of methoxy groups -OCH3 is 1. The number of thiophene rings is 1. The summed E-state index contributed by atoms with van der Waals surface area (Å²) in [6.45, 7) is 2.01. The zero-order valence-corrected chi connectivity index (χ0v) is 18.7. The molecule has 11 heteroatoms. The maximum Gasteiger partial charge on any atom is 0.441 e. The SMILES string of the molecule is COC(=O)[C@](NC(=O)c1ccccc1Cl)(Nc1sc2c(c1C#N)CC[C@H](C)C2)C(F)(F)F. The van der Waals surface area contributed by atoms with E-state index in [2.05, 4.69) is 10.1 Å². The molecular weight excluding hydrogens is 467 g/mol. The molecule has 1 aromatic heterocycles. The lowest BCUT2D eigenvalue weighted by Gasteiger charge is -2.34. The first-order valence-corrected chi connectivity index (χ1v) is 10.8. The number of benzene rings is 1. The minimum atomic E-state index is -5.32. The first-order chi connectivity index (χ1) is 15.0. The number of rotatable bonds is 5. The topological polar surface area (TPSA) is 91.2 Å². The van der Waals surface area contributed by atoms with E-state index in [0.29, 0.717) is 24.3 Å². The molecule has 0 fully saturated rings. The second kappa shape index (κ2) is 9.00. The fraction of sp³-hybridized carbons (Fsp3) is 0.381. The Labute approximate surface area is 191 Å². The van der Waals surface area contributed by atoms with Gasteiger partial charge >= 0.3 is 17.8 Å². The number of amides is 1. The van der Waals surface area contributed by atoms with Crippen molar-refractivity contribution in [2.45, 2.75) is 38.0 Å². The van der Waals surface area contributed by atoms with Crippen molar-refractivity contribution in [2.24, 2.45) is 5.92 Å². The first kappa shape index (κ1) is 23.9. The summed E-state index contributed by atoms with van der Waals surface area (Å²) in [5.41, 5.74) is -3.20. The normalized spacial score (nSPS) is 17.5. The van der Waals surface area contributed by atoms with Gasteiger partial charge in [-0.3, -0.25) is 4.79 Å². The molecule has 2 aromatic rings. The van der Waals surface area contributed by atoms with Crippen molar-refractivity contribution >= 4 is 39.8 Å². The number of nitrogens with zero attached hydrogens (tertiary/aromatic N) is 1. The minimum absolute atomic E-state index is 0.0291. The van der Waals surface area contributed by atoms with E-state index < -0.39 is 23.7 Å². The van der Waals surface area contributed by atoms with Gasteiger partial charge in [-0.15, -0.1) is 11.3 Å². The molecule has 1 aliphatic rings. The Morgan fingerprint density at radius 3 is 2.59 bits per heavy atom. The van der Waals surface area contributed by atoms with Gasteiger partial charge in [-0.2, -0.15) is 18.4 Å². The molecule has 32 heavy (non-hydrogen) atoms. The monoisotopic (exact) mass is 485 g/mol. The summed E-state index contributed by atoms with van der Waals surface area (Å²) in [4.78, 5) is 26.0. The summed E-state index contributed by atoms with van der Waals surface area (Å²) in [6, 6.07) is 7.42. The second-order valence-electron chi connectivity index (χ2n) is 7.47.